The Morgan fingerprint density at radius 1 is 0.833 bits per heavy atom. The Morgan fingerprint density at radius 2 is 1.31 bits per heavy atom. The molecule has 0 radical (unpaired) electrons. The summed E-state index contributed by atoms with van der Waals surface area (Å²) in [5.74, 6) is -0.283. The van der Waals surface area contributed by atoms with E-state index in [1.165, 1.54) is 16.9 Å². The van der Waals surface area contributed by atoms with E-state index >= 15 is 0 Å². The highest BCUT2D eigenvalue weighted by atomic mass is 19.1. The molecule has 2 aliphatic rings. The fourth-order valence-electron chi connectivity index (χ4n) is 3.89. The minimum atomic E-state index is -1.14. The smallest absolute Gasteiger partial charge is 0.410 e. The summed E-state index contributed by atoms with van der Waals surface area (Å²) in [6.45, 7) is 4.68. The maximum Gasteiger partial charge on any atom is 0.410 e. The number of likely N-dealkylation sites (tertiary alicyclic amines) is 2. The largest absolute Gasteiger partial charge is 0.445 e. The molecule has 0 aromatic heterocycles. The molecule has 2 heterocycles. The quantitative estimate of drug-likeness (QED) is 0.533. The van der Waals surface area contributed by atoms with Crippen LogP contribution in [-0.2, 0) is 27.4 Å². The highest BCUT2D eigenvalue weighted by Gasteiger charge is 2.36. The second-order valence-electron chi connectivity index (χ2n) is 8.60. The van der Waals surface area contributed by atoms with Crippen LogP contribution in [0.25, 0.3) is 0 Å². The molecule has 4 rings (SSSR count). The zero-order valence-electron chi connectivity index (χ0n) is 20.3. The molecule has 2 amide bonds. The van der Waals surface area contributed by atoms with Crippen LogP contribution in [0.5, 0.6) is 0 Å². The molecular weight excluding hydrogens is 470 g/mol. The second kappa shape index (κ2) is 13.6. The van der Waals surface area contributed by atoms with E-state index in [-0.39, 0.29) is 38.8 Å². The molecule has 0 unspecified atom stereocenters. The van der Waals surface area contributed by atoms with Crippen molar-refractivity contribution in [3.63, 3.8) is 0 Å². The summed E-state index contributed by atoms with van der Waals surface area (Å²) < 4.78 is 42.0. The molecule has 9 heteroatoms. The van der Waals surface area contributed by atoms with Crippen molar-refractivity contribution in [1.82, 2.24) is 9.80 Å². The number of nitrogens with zero attached hydrogens (tertiary/aromatic N) is 2. The van der Waals surface area contributed by atoms with Gasteiger partial charge in [0.15, 0.2) is 0 Å². The summed E-state index contributed by atoms with van der Waals surface area (Å²) in [4.78, 5) is 26.2. The van der Waals surface area contributed by atoms with Crippen LogP contribution >= 0.6 is 0 Å². The average Bonchev–Trinajstić information content (AvgIpc) is 3.49. The number of benzene rings is 2. The van der Waals surface area contributed by atoms with Crippen LogP contribution in [0.2, 0.25) is 0 Å². The first-order valence-electron chi connectivity index (χ1n) is 11.8. The molecule has 2 aromatic carbocycles. The monoisotopic (exact) mass is 502 g/mol. The third-order valence-corrected chi connectivity index (χ3v) is 6.02. The Hall–Kier alpha value is -3.46. The van der Waals surface area contributed by atoms with Crippen LogP contribution in [0.3, 0.4) is 0 Å². The lowest BCUT2D eigenvalue weighted by Gasteiger charge is -2.15. The van der Waals surface area contributed by atoms with Gasteiger partial charge >= 0.3 is 12.2 Å². The van der Waals surface area contributed by atoms with E-state index in [0.717, 1.165) is 11.1 Å². The zero-order chi connectivity index (χ0) is 25.9. The summed E-state index contributed by atoms with van der Waals surface area (Å²) in [6, 6.07) is 18.8. The van der Waals surface area contributed by atoms with E-state index in [4.69, 9.17) is 14.2 Å². The molecule has 0 spiro atoms. The van der Waals surface area contributed by atoms with Crippen molar-refractivity contribution in [3.8, 4) is 0 Å². The highest BCUT2D eigenvalue weighted by molar-refractivity contribution is 5.68. The van der Waals surface area contributed by atoms with Crippen LogP contribution < -0.4 is 0 Å². The molecule has 2 aliphatic heterocycles. The van der Waals surface area contributed by atoms with Crippen LogP contribution in [0.15, 0.2) is 73.3 Å². The molecule has 36 heavy (non-hydrogen) atoms. The lowest BCUT2D eigenvalue weighted by molar-refractivity contribution is 0.0602. The van der Waals surface area contributed by atoms with Gasteiger partial charge in [0.05, 0.1) is 19.6 Å². The predicted molar refractivity (Wildman–Crippen MR) is 131 cm³/mol. The first kappa shape index (κ1) is 27.1. The van der Waals surface area contributed by atoms with Crippen molar-refractivity contribution in [3.05, 3.63) is 84.4 Å². The van der Waals surface area contributed by atoms with E-state index < -0.39 is 30.6 Å². The van der Waals surface area contributed by atoms with Crippen molar-refractivity contribution < 1.29 is 32.6 Å². The van der Waals surface area contributed by atoms with Crippen molar-refractivity contribution in [1.29, 1.82) is 0 Å². The third-order valence-electron chi connectivity index (χ3n) is 6.02. The number of methoxy groups -OCH3 is 1. The summed E-state index contributed by atoms with van der Waals surface area (Å²) in [5, 5.41) is 0. The van der Waals surface area contributed by atoms with Gasteiger partial charge in [-0.05, 0) is 11.1 Å². The van der Waals surface area contributed by atoms with Gasteiger partial charge in [-0.3, -0.25) is 0 Å². The standard InChI is InChI=1S/C14H16FNO2.C13H16FNO3/c1-2-12-8-16(9-13(12)15)14(17)18-10-11-6-4-3-5-7-11;1-17-12-8-15(7-11(12)14)13(16)18-9-10-5-3-2-4-6-10/h2-7,12-13H,1,8-10H2;2-6,11-12H,7-9H2,1H3/t12-,13+;11-,12+/m10/s1. The fraction of sp³-hybridized carbons (Fsp3) is 0.407. The Kier molecular flexibility index (Phi) is 10.2. The van der Waals surface area contributed by atoms with E-state index in [0.29, 0.717) is 6.54 Å². The maximum atomic E-state index is 13.4. The number of carbonyl (C=O) groups excluding carboxylic acids is 2. The number of hydrogen-bond acceptors (Lipinski definition) is 5. The Bertz CT molecular complexity index is 979. The molecular formula is C27H32F2N2O5. The number of halogens is 2. The molecule has 2 saturated heterocycles. The van der Waals surface area contributed by atoms with E-state index in [1.807, 2.05) is 60.7 Å². The minimum Gasteiger partial charge on any atom is -0.445 e. The van der Waals surface area contributed by atoms with Crippen molar-refractivity contribution in [2.24, 2.45) is 5.92 Å². The summed E-state index contributed by atoms with van der Waals surface area (Å²) in [7, 11) is 1.44. The second-order valence-corrected chi connectivity index (χ2v) is 8.60. The lowest BCUT2D eigenvalue weighted by Crippen LogP contribution is -2.30. The molecule has 0 N–H and O–H groups in total. The maximum absolute atomic E-state index is 13.4. The minimum absolute atomic E-state index is 0.0339. The van der Waals surface area contributed by atoms with Gasteiger partial charge in [-0.1, -0.05) is 66.7 Å². The van der Waals surface area contributed by atoms with Crippen molar-refractivity contribution >= 4 is 12.2 Å². The van der Waals surface area contributed by atoms with Crippen molar-refractivity contribution in [2.45, 2.75) is 31.7 Å². The van der Waals surface area contributed by atoms with Crippen LogP contribution in [-0.4, -0.2) is 73.7 Å². The molecule has 0 aliphatic carbocycles. The molecule has 2 aromatic rings. The summed E-state index contributed by atoms with van der Waals surface area (Å²) >= 11 is 0. The number of ether oxygens (including phenoxy) is 3. The van der Waals surface area contributed by atoms with Gasteiger partial charge < -0.3 is 24.0 Å². The molecule has 2 fully saturated rings. The SMILES string of the molecule is C=C[C@@H]1CN(C(=O)OCc2ccccc2)C[C@@H]1F.CO[C@@H]1CN(C(=O)OCc2ccccc2)C[C@@H]1F. The predicted octanol–water partition coefficient (Wildman–Crippen LogP) is 4.77. The zero-order valence-corrected chi connectivity index (χ0v) is 20.3. The number of hydrogen-bond donors (Lipinski definition) is 0. The molecule has 194 valence electrons. The molecule has 0 saturated carbocycles. The number of alkyl halides is 2. The van der Waals surface area contributed by atoms with Gasteiger partial charge in [-0.2, -0.15) is 0 Å². The number of rotatable bonds is 6. The number of carbonyl (C=O) groups is 2. The van der Waals surface area contributed by atoms with Crippen LogP contribution in [0.1, 0.15) is 11.1 Å². The first-order valence-corrected chi connectivity index (χ1v) is 11.8. The normalized spacial score (nSPS) is 23.0. The molecule has 0 bridgehead atoms. The fourth-order valence-corrected chi connectivity index (χ4v) is 3.89. The average molecular weight is 503 g/mol. The van der Waals surface area contributed by atoms with E-state index in [2.05, 4.69) is 6.58 Å². The summed E-state index contributed by atoms with van der Waals surface area (Å²) in [5.41, 5.74) is 1.83. The van der Waals surface area contributed by atoms with E-state index in [9.17, 15) is 18.4 Å². The van der Waals surface area contributed by atoms with Gasteiger partial charge in [0.2, 0.25) is 0 Å². The van der Waals surface area contributed by atoms with Crippen LogP contribution in [0, 0.1) is 5.92 Å². The van der Waals surface area contributed by atoms with Gasteiger partial charge in [-0.15, -0.1) is 6.58 Å². The third kappa shape index (κ3) is 7.78. The Balaban J connectivity index is 0.000000201. The summed E-state index contributed by atoms with van der Waals surface area (Å²) in [6.07, 6.45) is -2.14. The highest BCUT2D eigenvalue weighted by Crippen LogP contribution is 2.22. The van der Waals surface area contributed by atoms with Gasteiger partial charge in [0.25, 0.3) is 0 Å². The van der Waals surface area contributed by atoms with Crippen LogP contribution in [0.4, 0.5) is 18.4 Å². The lowest BCUT2D eigenvalue weighted by atomic mass is 10.1. The topological polar surface area (TPSA) is 68.3 Å². The van der Waals surface area contributed by atoms with Gasteiger partial charge in [0, 0.05) is 19.6 Å². The molecule has 7 nitrogen and oxygen atoms in total. The Labute approximate surface area is 210 Å². The first-order chi connectivity index (χ1) is 17.4. The van der Waals surface area contributed by atoms with Gasteiger partial charge in [-0.25, -0.2) is 18.4 Å². The Morgan fingerprint density at radius 3 is 1.72 bits per heavy atom. The van der Waals surface area contributed by atoms with Crippen molar-refractivity contribution in [2.75, 3.05) is 33.3 Å². The van der Waals surface area contributed by atoms with E-state index in [1.54, 1.807) is 6.08 Å². The van der Waals surface area contributed by atoms with Gasteiger partial charge in [0.1, 0.15) is 31.7 Å². The number of amides is 2. The molecule has 4 atom stereocenters.